The molecule has 1 atom stereocenters. The summed E-state index contributed by atoms with van der Waals surface area (Å²) < 4.78 is 24.9. The topological polar surface area (TPSA) is 132 Å². The van der Waals surface area contributed by atoms with Gasteiger partial charge in [0, 0.05) is 37.2 Å². The molecule has 10 heteroatoms. The molecule has 1 aliphatic rings. The van der Waals surface area contributed by atoms with Crippen LogP contribution in [0.2, 0.25) is 0 Å². The summed E-state index contributed by atoms with van der Waals surface area (Å²) in [7, 11) is 3.05. The Morgan fingerprint density at radius 3 is 2.75 bits per heavy atom. The van der Waals surface area contributed by atoms with Crippen LogP contribution in [0.15, 0.2) is 59.5 Å². The number of allylic oxidation sites excluding steroid dienone is 1. The van der Waals surface area contributed by atoms with E-state index >= 15 is 0 Å². The number of rotatable bonds is 9. The number of methoxy groups -OCH3 is 1. The minimum absolute atomic E-state index is 0.00687. The number of amides is 2. The van der Waals surface area contributed by atoms with Crippen LogP contribution in [-0.2, 0) is 24.6 Å². The molecule has 2 rings (SSSR count). The molecule has 1 aliphatic heterocycles. The van der Waals surface area contributed by atoms with Gasteiger partial charge in [-0.25, -0.2) is 9.38 Å². The highest BCUT2D eigenvalue weighted by Gasteiger charge is 2.38. The van der Waals surface area contributed by atoms with Crippen molar-refractivity contribution < 1.29 is 23.5 Å². The summed E-state index contributed by atoms with van der Waals surface area (Å²) in [4.78, 5) is 30.2. The smallest absolute Gasteiger partial charge is 0.255 e. The van der Waals surface area contributed by atoms with E-state index < -0.39 is 17.3 Å². The Balaban J connectivity index is 2.15. The lowest BCUT2D eigenvalue weighted by Crippen LogP contribution is -2.47. The lowest BCUT2D eigenvalue weighted by atomic mass is 9.87. The van der Waals surface area contributed by atoms with Crippen LogP contribution in [0.3, 0.4) is 0 Å². The molecule has 32 heavy (non-hydrogen) atoms. The zero-order chi connectivity index (χ0) is 23.9. The summed E-state index contributed by atoms with van der Waals surface area (Å²) in [6, 6.07) is 4.03. The Bertz CT molecular complexity index is 989. The monoisotopic (exact) mass is 445 g/mol. The largest absolute Gasteiger partial charge is 0.490 e. The van der Waals surface area contributed by atoms with E-state index in [0.717, 1.165) is 0 Å². The van der Waals surface area contributed by atoms with Gasteiger partial charge in [0.1, 0.15) is 18.2 Å². The quantitative estimate of drug-likeness (QED) is 0.230. The van der Waals surface area contributed by atoms with Crippen molar-refractivity contribution in [2.24, 2.45) is 16.5 Å². The second-order valence-corrected chi connectivity index (χ2v) is 7.29. The number of nitrogens with zero attached hydrogens (tertiary/aromatic N) is 2. The number of nitrogens with two attached hydrogens (primary N) is 2. The number of ether oxygens (including phenoxy) is 2. The molecule has 2 amide bonds. The molecule has 0 saturated carbocycles. The number of benzene rings is 1. The number of hydrogen-bond acceptors (Lipinski definition) is 7. The van der Waals surface area contributed by atoms with E-state index in [1.165, 1.54) is 48.5 Å². The zero-order valence-corrected chi connectivity index (χ0v) is 18.4. The van der Waals surface area contributed by atoms with Gasteiger partial charge in [-0.3, -0.25) is 14.5 Å². The predicted molar refractivity (Wildman–Crippen MR) is 120 cm³/mol. The van der Waals surface area contributed by atoms with E-state index in [1.807, 2.05) is 0 Å². The van der Waals surface area contributed by atoms with E-state index in [-0.39, 0.29) is 29.4 Å². The molecule has 1 aromatic carbocycles. The number of halogens is 1. The van der Waals surface area contributed by atoms with Gasteiger partial charge in [0.25, 0.3) is 5.91 Å². The van der Waals surface area contributed by atoms with Crippen LogP contribution in [0, 0.1) is 5.82 Å². The fourth-order valence-electron chi connectivity index (χ4n) is 2.94. The number of carbonyl (C=O) groups is 2. The van der Waals surface area contributed by atoms with Gasteiger partial charge in [0.2, 0.25) is 5.91 Å². The molecule has 0 bridgehead atoms. The summed E-state index contributed by atoms with van der Waals surface area (Å²) >= 11 is 0. The first-order chi connectivity index (χ1) is 15.1. The van der Waals surface area contributed by atoms with Crippen LogP contribution in [0.5, 0.6) is 0 Å². The van der Waals surface area contributed by atoms with E-state index in [4.69, 9.17) is 20.9 Å². The normalized spacial score (nSPS) is 19.1. The number of nitrogens with one attached hydrogen (secondary N) is 1. The van der Waals surface area contributed by atoms with E-state index in [1.54, 1.807) is 14.0 Å². The SMILES string of the molecule is C=C(/C=C\C(=C/N)OCCOC)C(=O)Nc1ccc(F)c(C2(C)CC(=O)N(C)C(N)=N2)c1. The van der Waals surface area contributed by atoms with Gasteiger partial charge in [0.15, 0.2) is 5.96 Å². The fraction of sp³-hybridized carbons (Fsp3) is 0.318. The van der Waals surface area contributed by atoms with Crippen molar-refractivity contribution in [3.63, 3.8) is 0 Å². The second kappa shape index (κ2) is 10.6. The summed E-state index contributed by atoms with van der Waals surface area (Å²) in [5.74, 6) is -1.03. The van der Waals surface area contributed by atoms with E-state index in [2.05, 4.69) is 16.9 Å². The van der Waals surface area contributed by atoms with Crippen molar-refractivity contribution in [2.75, 3.05) is 32.7 Å². The maximum absolute atomic E-state index is 14.6. The molecule has 9 nitrogen and oxygen atoms in total. The van der Waals surface area contributed by atoms with Gasteiger partial charge < -0.3 is 26.3 Å². The molecular formula is C22H28FN5O4. The molecule has 1 aromatic rings. The zero-order valence-electron chi connectivity index (χ0n) is 18.4. The first-order valence-corrected chi connectivity index (χ1v) is 9.75. The first-order valence-electron chi connectivity index (χ1n) is 9.75. The van der Waals surface area contributed by atoms with Crippen molar-refractivity contribution in [3.05, 3.63) is 65.8 Å². The molecule has 0 radical (unpaired) electrons. The number of guanidine groups is 1. The molecule has 0 saturated heterocycles. The lowest BCUT2D eigenvalue weighted by Gasteiger charge is -2.34. The minimum atomic E-state index is -1.20. The van der Waals surface area contributed by atoms with Crippen LogP contribution < -0.4 is 16.8 Å². The van der Waals surface area contributed by atoms with Crippen molar-refractivity contribution in [1.82, 2.24) is 4.90 Å². The third-order valence-corrected chi connectivity index (χ3v) is 4.84. The average Bonchev–Trinajstić information content (AvgIpc) is 2.75. The number of anilines is 1. The van der Waals surface area contributed by atoms with Crippen LogP contribution in [-0.4, -0.2) is 50.0 Å². The molecule has 1 unspecified atom stereocenters. The van der Waals surface area contributed by atoms with Crippen LogP contribution in [0.4, 0.5) is 10.1 Å². The second-order valence-electron chi connectivity index (χ2n) is 7.29. The van der Waals surface area contributed by atoms with Crippen molar-refractivity contribution in [2.45, 2.75) is 18.9 Å². The summed E-state index contributed by atoms with van der Waals surface area (Å²) in [5.41, 5.74) is 10.7. The predicted octanol–water partition coefficient (Wildman–Crippen LogP) is 1.73. The maximum atomic E-state index is 14.6. The summed E-state index contributed by atoms with van der Waals surface area (Å²) in [5, 5.41) is 2.65. The maximum Gasteiger partial charge on any atom is 0.255 e. The third kappa shape index (κ3) is 5.94. The summed E-state index contributed by atoms with van der Waals surface area (Å²) in [6.07, 6.45) is 4.12. The highest BCUT2D eigenvalue weighted by Crippen LogP contribution is 2.35. The molecule has 0 fully saturated rings. The molecular weight excluding hydrogens is 417 g/mol. The highest BCUT2D eigenvalue weighted by molar-refractivity contribution is 6.05. The molecule has 5 N–H and O–H groups in total. The summed E-state index contributed by atoms with van der Waals surface area (Å²) in [6.45, 7) is 6.01. The molecule has 172 valence electrons. The molecule has 0 aromatic heterocycles. The van der Waals surface area contributed by atoms with Crippen molar-refractivity contribution >= 4 is 23.5 Å². The lowest BCUT2D eigenvalue weighted by molar-refractivity contribution is -0.128. The first kappa shape index (κ1) is 24.6. The van der Waals surface area contributed by atoms with E-state index in [0.29, 0.717) is 24.7 Å². The van der Waals surface area contributed by atoms with Crippen molar-refractivity contribution in [3.8, 4) is 0 Å². The number of hydrogen-bond donors (Lipinski definition) is 3. The standard InChI is InChI=1S/C22H28FN5O4/c1-14(5-7-16(13-24)32-10-9-31-4)20(30)26-15-6-8-18(23)17(11-15)22(2)12-19(29)28(3)21(25)27-22/h5-8,11,13H,1,9-10,12,24H2,2-4H3,(H2,25,27)(H,26,30)/b7-5-,16-13+. The molecule has 0 spiro atoms. The highest BCUT2D eigenvalue weighted by atomic mass is 19.1. The Labute approximate surface area is 186 Å². The molecule has 1 heterocycles. The van der Waals surface area contributed by atoms with Crippen molar-refractivity contribution in [1.29, 1.82) is 0 Å². The van der Waals surface area contributed by atoms with Gasteiger partial charge in [-0.15, -0.1) is 0 Å². The fourth-order valence-corrected chi connectivity index (χ4v) is 2.94. The van der Waals surface area contributed by atoms with Gasteiger partial charge in [0.05, 0.1) is 18.6 Å². The van der Waals surface area contributed by atoms with Crippen LogP contribution >= 0.6 is 0 Å². The van der Waals surface area contributed by atoms with Gasteiger partial charge in [-0.05, 0) is 37.3 Å². The Morgan fingerprint density at radius 2 is 2.12 bits per heavy atom. The third-order valence-electron chi connectivity index (χ3n) is 4.84. The Hall–Kier alpha value is -3.66. The van der Waals surface area contributed by atoms with Crippen LogP contribution in [0.1, 0.15) is 18.9 Å². The Morgan fingerprint density at radius 1 is 1.41 bits per heavy atom. The average molecular weight is 445 g/mol. The van der Waals surface area contributed by atoms with Gasteiger partial charge in [-0.1, -0.05) is 6.58 Å². The van der Waals surface area contributed by atoms with E-state index in [9.17, 15) is 14.0 Å². The van der Waals surface area contributed by atoms with Gasteiger partial charge >= 0.3 is 0 Å². The number of aliphatic imine (C=N–C) groups is 1. The molecule has 0 aliphatic carbocycles. The van der Waals surface area contributed by atoms with Gasteiger partial charge in [-0.2, -0.15) is 0 Å². The van der Waals surface area contributed by atoms with Crippen LogP contribution in [0.25, 0.3) is 0 Å². The Kier molecular flexibility index (Phi) is 8.14. The minimum Gasteiger partial charge on any atom is -0.490 e. The number of carbonyl (C=O) groups excluding carboxylic acids is 2.